The molecule has 20 heavy (non-hydrogen) atoms. The second-order valence-electron chi connectivity index (χ2n) is 4.52. The van der Waals surface area contributed by atoms with Crippen LogP contribution in [0.4, 0.5) is 0 Å². The first-order valence-corrected chi connectivity index (χ1v) is 7.33. The van der Waals surface area contributed by atoms with Crippen LogP contribution >= 0.6 is 11.3 Å². The minimum atomic E-state index is -0.110. The number of carbonyl (C=O) groups is 1. The summed E-state index contributed by atoms with van der Waals surface area (Å²) < 4.78 is 5.48. The van der Waals surface area contributed by atoms with E-state index >= 15 is 0 Å². The van der Waals surface area contributed by atoms with Crippen molar-refractivity contribution in [1.29, 1.82) is 0 Å². The van der Waals surface area contributed by atoms with Gasteiger partial charge in [-0.3, -0.25) is 4.79 Å². The molecular formula is C15H18N2O2S. The summed E-state index contributed by atoms with van der Waals surface area (Å²) in [4.78, 5) is 17.1. The Hall–Kier alpha value is -1.88. The van der Waals surface area contributed by atoms with Crippen LogP contribution in [0.3, 0.4) is 0 Å². The van der Waals surface area contributed by atoms with Crippen molar-refractivity contribution in [3.8, 4) is 5.75 Å². The molecule has 106 valence electrons. The first kappa shape index (κ1) is 14.5. The van der Waals surface area contributed by atoms with Crippen molar-refractivity contribution in [2.75, 3.05) is 13.2 Å². The van der Waals surface area contributed by atoms with Crippen LogP contribution in [-0.2, 0) is 11.2 Å². The molecule has 1 aromatic carbocycles. The van der Waals surface area contributed by atoms with Gasteiger partial charge in [0.25, 0.3) is 5.91 Å². The predicted molar refractivity (Wildman–Crippen MR) is 80.2 cm³/mol. The predicted octanol–water partition coefficient (Wildman–Crippen LogP) is 2.50. The molecule has 0 saturated carbocycles. The lowest BCUT2D eigenvalue weighted by atomic mass is 10.2. The molecule has 1 N–H and O–H groups in total. The van der Waals surface area contributed by atoms with Crippen molar-refractivity contribution in [1.82, 2.24) is 10.3 Å². The van der Waals surface area contributed by atoms with E-state index in [0.29, 0.717) is 6.54 Å². The Morgan fingerprint density at radius 1 is 1.35 bits per heavy atom. The number of aryl methyl sites for hydroxylation is 2. The molecule has 0 radical (unpaired) electrons. The fourth-order valence-electron chi connectivity index (χ4n) is 1.74. The molecule has 0 aliphatic rings. The second kappa shape index (κ2) is 7.05. The highest BCUT2D eigenvalue weighted by molar-refractivity contribution is 7.11. The van der Waals surface area contributed by atoms with E-state index in [2.05, 4.69) is 10.3 Å². The zero-order chi connectivity index (χ0) is 14.4. The average molecular weight is 290 g/mol. The number of rotatable bonds is 6. The van der Waals surface area contributed by atoms with E-state index < -0.39 is 0 Å². The van der Waals surface area contributed by atoms with Gasteiger partial charge in [-0.2, -0.15) is 0 Å². The summed E-state index contributed by atoms with van der Waals surface area (Å²) >= 11 is 1.66. The summed E-state index contributed by atoms with van der Waals surface area (Å²) in [5, 5.41) is 3.88. The van der Waals surface area contributed by atoms with Gasteiger partial charge in [-0.1, -0.05) is 18.2 Å². The maximum absolute atomic E-state index is 11.7. The Balaban J connectivity index is 1.69. The van der Waals surface area contributed by atoms with E-state index in [1.165, 1.54) is 4.88 Å². The fourth-order valence-corrected chi connectivity index (χ4v) is 2.53. The first-order chi connectivity index (χ1) is 9.65. The third-order valence-electron chi connectivity index (χ3n) is 2.78. The van der Waals surface area contributed by atoms with E-state index in [-0.39, 0.29) is 12.5 Å². The molecule has 0 saturated heterocycles. The molecular weight excluding hydrogens is 272 g/mol. The smallest absolute Gasteiger partial charge is 0.257 e. The summed E-state index contributed by atoms with van der Waals surface area (Å²) in [6.45, 7) is 4.61. The molecule has 0 atom stereocenters. The van der Waals surface area contributed by atoms with Gasteiger partial charge < -0.3 is 10.1 Å². The van der Waals surface area contributed by atoms with Gasteiger partial charge in [0.15, 0.2) is 6.61 Å². The molecule has 5 heteroatoms. The summed E-state index contributed by atoms with van der Waals surface area (Å²) in [7, 11) is 0. The van der Waals surface area contributed by atoms with Crippen LogP contribution in [0.1, 0.15) is 15.4 Å². The van der Waals surface area contributed by atoms with Gasteiger partial charge in [-0.15, -0.1) is 11.3 Å². The van der Waals surface area contributed by atoms with Crippen molar-refractivity contribution in [3.05, 3.63) is 45.9 Å². The monoisotopic (exact) mass is 290 g/mol. The third kappa shape index (κ3) is 4.35. The lowest BCUT2D eigenvalue weighted by molar-refractivity contribution is -0.123. The Labute approximate surface area is 122 Å². The maximum atomic E-state index is 11.7. The quantitative estimate of drug-likeness (QED) is 0.889. The molecule has 2 rings (SSSR count). The molecule has 0 fully saturated rings. The number of nitrogens with zero attached hydrogens (tertiary/aromatic N) is 1. The number of carbonyl (C=O) groups excluding carboxylic acids is 1. The minimum Gasteiger partial charge on any atom is -0.484 e. The lowest BCUT2D eigenvalue weighted by Crippen LogP contribution is -2.30. The van der Waals surface area contributed by atoms with E-state index in [1.807, 2.05) is 44.3 Å². The normalized spacial score (nSPS) is 10.3. The summed E-state index contributed by atoms with van der Waals surface area (Å²) in [6, 6.07) is 7.66. The van der Waals surface area contributed by atoms with Crippen molar-refractivity contribution in [2.45, 2.75) is 20.3 Å². The van der Waals surface area contributed by atoms with Crippen LogP contribution < -0.4 is 10.1 Å². The molecule has 1 amide bonds. The number of nitrogens with one attached hydrogen (secondary N) is 1. The molecule has 0 aliphatic carbocycles. The van der Waals surface area contributed by atoms with E-state index in [0.717, 1.165) is 22.7 Å². The summed E-state index contributed by atoms with van der Waals surface area (Å²) in [5.41, 5.74) is 1.03. The fraction of sp³-hybridized carbons (Fsp3) is 0.333. The number of ether oxygens (including phenoxy) is 1. The Morgan fingerprint density at radius 3 is 2.85 bits per heavy atom. The highest BCUT2D eigenvalue weighted by atomic mass is 32.1. The highest BCUT2D eigenvalue weighted by Gasteiger charge is 2.05. The summed E-state index contributed by atoms with van der Waals surface area (Å²) in [5.74, 6) is 0.639. The number of para-hydroxylation sites is 1. The van der Waals surface area contributed by atoms with Gasteiger partial charge in [0.05, 0.1) is 5.01 Å². The van der Waals surface area contributed by atoms with Crippen molar-refractivity contribution >= 4 is 17.2 Å². The second-order valence-corrected chi connectivity index (χ2v) is 5.84. The molecule has 0 aliphatic heterocycles. The van der Waals surface area contributed by atoms with Crippen molar-refractivity contribution < 1.29 is 9.53 Å². The first-order valence-electron chi connectivity index (χ1n) is 6.51. The zero-order valence-electron chi connectivity index (χ0n) is 11.7. The highest BCUT2D eigenvalue weighted by Crippen LogP contribution is 2.15. The van der Waals surface area contributed by atoms with Crippen LogP contribution in [0.2, 0.25) is 0 Å². The van der Waals surface area contributed by atoms with Crippen molar-refractivity contribution in [3.63, 3.8) is 0 Å². The van der Waals surface area contributed by atoms with Crippen LogP contribution in [0, 0.1) is 13.8 Å². The van der Waals surface area contributed by atoms with E-state index in [9.17, 15) is 4.79 Å². The Kier molecular flexibility index (Phi) is 5.12. The van der Waals surface area contributed by atoms with Crippen LogP contribution in [0.25, 0.3) is 0 Å². The van der Waals surface area contributed by atoms with Gasteiger partial charge >= 0.3 is 0 Å². The van der Waals surface area contributed by atoms with Crippen LogP contribution in [0.15, 0.2) is 30.5 Å². The average Bonchev–Trinajstić information content (AvgIpc) is 2.83. The number of hydrogen-bond donors (Lipinski definition) is 1. The van der Waals surface area contributed by atoms with Gasteiger partial charge in [0.1, 0.15) is 5.75 Å². The van der Waals surface area contributed by atoms with Gasteiger partial charge in [0.2, 0.25) is 0 Å². The lowest BCUT2D eigenvalue weighted by Gasteiger charge is -2.08. The number of hydrogen-bond acceptors (Lipinski definition) is 4. The van der Waals surface area contributed by atoms with Crippen LogP contribution in [-0.4, -0.2) is 24.0 Å². The molecule has 0 bridgehead atoms. The molecule has 0 spiro atoms. The van der Waals surface area contributed by atoms with E-state index in [1.54, 1.807) is 11.3 Å². The maximum Gasteiger partial charge on any atom is 0.257 e. The largest absolute Gasteiger partial charge is 0.484 e. The van der Waals surface area contributed by atoms with E-state index in [4.69, 9.17) is 4.74 Å². The zero-order valence-corrected chi connectivity index (χ0v) is 12.5. The number of benzene rings is 1. The number of thiazole rings is 1. The molecule has 2 aromatic rings. The van der Waals surface area contributed by atoms with Gasteiger partial charge in [0, 0.05) is 24.0 Å². The third-order valence-corrected chi connectivity index (χ3v) is 3.76. The van der Waals surface area contributed by atoms with Crippen molar-refractivity contribution in [2.24, 2.45) is 0 Å². The Morgan fingerprint density at radius 2 is 2.15 bits per heavy atom. The minimum absolute atomic E-state index is 0.0434. The molecule has 0 unspecified atom stereocenters. The van der Waals surface area contributed by atoms with Gasteiger partial charge in [-0.05, 0) is 25.5 Å². The molecule has 1 aromatic heterocycles. The summed E-state index contributed by atoms with van der Waals surface area (Å²) in [6.07, 6.45) is 2.61. The molecule has 4 nitrogen and oxygen atoms in total. The number of aromatic nitrogens is 1. The van der Waals surface area contributed by atoms with Crippen LogP contribution in [0.5, 0.6) is 5.75 Å². The van der Waals surface area contributed by atoms with Gasteiger partial charge in [-0.25, -0.2) is 4.98 Å². The standard InChI is InChI=1S/C15H18N2O2S/c1-11-5-3-4-6-13(11)19-10-14(18)16-8-7-15-17-9-12(2)20-15/h3-6,9H,7-8,10H2,1-2H3,(H,16,18). The topological polar surface area (TPSA) is 51.2 Å². The Bertz CT molecular complexity index is 581. The SMILES string of the molecule is Cc1cnc(CCNC(=O)COc2ccccc2C)s1. The number of amides is 1. The molecule has 1 heterocycles.